The first-order valence-electron chi connectivity index (χ1n) is 18.7. The standard InChI is InChI=1S/C51H35N3O/c1-4-11-34(12-5-1)35-19-21-36(22-20-35)37-23-25-38(26-24-37)43-31-32-46-45(33-43)48-44(17-10-18-47(48)55-46)39-27-29-42(30-28-39)51-53-49(40-13-6-2-7-14-40)52-50(54-51)41-15-8-3-9-16-41/h1-4,6-11,13-33H,5,12H2. The van der Waals surface area contributed by atoms with Crippen molar-refractivity contribution in [2.75, 3.05) is 0 Å². The van der Waals surface area contributed by atoms with Crippen molar-refractivity contribution in [3.8, 4) is 67.5 Å². The van der Waals surface area contributed by atoms with Crippen LogP contribution in [0.2, 0.25) is 0 Å². The topological polar surface area (TPSA) is 51.8 Å². The lowest BCUT2D eigenvalue weighted by Gasteiger charge is -2.11. The van der Waals surface area contributed by atoms with Gasteiger partial charge in [-0.1, -0.05) is 170 Å². The summed E-state index contributed by atoms with van der Waals surface area (Å²) in [4.78, 5) is 14.7. The second-order valence-corrected chi connectivity index (χ2v) is 13.9. The fourth-order valence-electron chi connectivity index (χ4n) is 7.56. The maximum Gasteiger partial charge on any atom is 0.164 e. The van der Waals surface area contributed by atoms with Crippen LogP contribution < -0.4 is 0 Å². The summed E-state index contributed by atoms with van der Waals surface area (Å²) in [5, 5.41) is 2.20. The summed E-state index contributed by atoms with van der Waals surface area (Å²) >= 11 is 0. The summed E-state index contributed by atoms with van der Waals surface area (Å²) < 4.78 is 6.40. The van der Waals surface area contributed by atoms with Crippen LogP contribution in [0.3, 0.4) is 0 Å². The Hall–Kier alpha value is -7.17. The predicted molar refractivity (Wildman–Crippen MR) is 226 cm³/mol. The molecule has 7 aromatic carbocycles. The number of hydrogen-bond donors (Lipinski definition) is 0. The zero-order chi connectivity index (χ0) is 36.6. The van der Waals surface area contributed by atoms with Gasteiger partial charge in [-0.05, 0) is 75.6 Å². The van der Waals surface area contributed by atoms with Gasteiger partial charge in [-0.2, -0.15) is 0 Å². The Balaban J connectivity index is 0.973. The number of rotatable bonds is 7. The molecule has 10 rings (SSSR count). The van der Waals surface area contributed by atoms with Crippen LogP contribution in [0.1, 0.15) is 18.4 Å². The van der Waals surface area contributed by atoms with Crippen molar-refractivity contribution < 1.29 is 4.42 Å². The molecule has 1 aliphatic carbocycles. The third-order valence-electron chi connectivity index (χ3n) is 10.5. The van der Waals surface area contributed by atoms with Gasteiger partial charge in [-0.3, -0.25) is 0 Å². The Labute approximate surface area is 319 Å². The Morgan fingerprint density at radius 1 is 0.400 bits per heavy atom. The molecule has 55 heavy (non-hydrogen) atoms. The lowest BCUT2D eigenvalue weighted by Crippen LogP contribution is -2.00. The second kappa shape index (κ2) is 14.0. The fraction of sp³-hybridized carbons (Fsp3) is 0.0392. The van der Waals surface area contributed by atoms with Crippen LogP contribution in [0, 0.1) is 0 Å². The van der Waals surface area contributed by atoms with Crippen LogP contribution in [-0.4, -0.2) is 15.0 Å². The van der Waals surface area contributed by atoms with E-state index in [1.54, 1.807) is 0 Å². The molecule has 2 aromatic heterocycles. The molecule has 0 aliphatic heterocycles. The molecule has 2 heterocycles. The summed E-state index contributed by atoms with van der Waals surface area (Å²) in [7, 11) is 0. The molecule has 0 atom stereocenters. The number of hydrogen-bond acceptors (Lipinski definition) is 4. The van der Waals surface area contributed by atoms with Gasteiger partial charge in [0, 0.05) is 27.5 Å². The lowest BCUT2D eigenvalue weighted by atomic mass is 9.94. The van der Waals surface area contributed by atoms with Crippen molar-refractivity contribution >= 4 is 27.5 Å². The summed E-state index contributed by atoms with van der Waals surface area (Å²) in [6.45, 7) is 0. The molecule has 0 amide bonds. The SMILES string of the molecule is C1=CCCC(c2ccc(-c3ccc(-c4ccc5oc6cccc(-c7ccc(-c8nc(-c9ccccc9)nc(-c9ccccc9)n8)cc7)c6c5c4)cc3)cc2)=C1. The number of furan rings is 1. The minimum absolute atomic E-state index is 0.633. The van der Waals surface area contributed by atoms with E-state index in [-0.39, 0.29) is 0 Å². The van der Waals surface area contributed by atoms with Crippen molar-refractivity contribution in [1.82, 2.24) is 15.0 Å². The minimum atomic E-state index is 0.633. The van der Waals surface area contributed by atoms with Crippen molar-refractivity contribution in [1.29, 1.82) is 0 Å². The van der Waals surface area contributed by atoms with Crippen molar-refractivity contribution in [2.24, 2.45) is 0 Å². The fourth-order valence-corrected chi connectivity index (χ4v) is 7.56. The third-order valence-corrected chi connectivity index (χ3v) is 10.5. The van der Waals surface area contributed by atoms with Gasteiger partial charge in [-0.15, -0.1) is 0 Å². The zero-order valence-electron chi connectivity index (χ0n) is 30.1. The highest BCUT2D eigenvalue weighted by Gasteiger charge is 2.16. The van der Waals surface area contributed by atoms with Crippen LogP contribution in [0.15, 0.2) is 193 Å². The number of fused-ring (bicyclic) bond motifs is 3. The molecule has 0 fully saturated rings. The van der Waals surface area contributed by atoms with Crippen LogP contribution in [-0.2, 0) is 0 Å². The molecule has 0 saturated heterocycles. The number of allylic oxidation sites excluding steroid dienone is 4. The average Bonchev–Trinajstić information content (AvgIpc) is 3.66. The van der Waals surface area contributed by atoms with Crippen molar-refractivity contribution in [3.63, 3.8) is 0 Å². The van der Waals surface area contributed by atoms with E-state index in [0.717, 1.165) is 68.2 Å². The van der Waals surface area contributed by atoms with E-state index in [1.165, 1.54) is 27.8 Å². The van der Waals surface area contributed by atoms with Gasteiger partial charge >= 0.3 is 0 Å². The van der Waals surface area contributed by atoms with Gasteiger partial charge < -0.3 is 4.42 Å². The highest BCUT2D eigenvalue weighted by Crippen LogP contribution is 2.39. The first kappa shape index (κ1) is 32.5. The third kappa shape index (κ3) is 6.34. The molecule has 4 heteroatoms. The van der Waals surface area contributed by atoms with E-state index in [2.05, 4.69) is 127 Å². The van der Waals surface area contributed by atoms with E-state index >= 15 is 0 Å². The molecule has 9 aromatic rings. The Morgan fingerprint density at radius 3 is 1.49 bits per heavy atom. The highest BCUT2D eigenvalue weighted by molar-refractivity contribution is 6.13. The summed E-state index contributed by atoms with van der Waals surface area (Å²) in [6, 6.07) is 59.2. The normalized spacial score (nSPS) is 12.6. The maximum absolute atomic E-state index is 6.40. The molecule has 4 nitrogen and oxygen atoms in total. The molecular formula is C51H35N3O. The summed E-state index contributed by atoms with van der Waals surface area (Å²) in [5.41, 5.74) is 14.2. The molecule has 0 unspecified atom stereocenters. The van der Waals surface area contributed by atoms with E-state index < -0.39 is 0 Å². The van der Waals surface area contributed by atoms with Crippen molar-refractivity contribution in [2.45, 2.75) is 12.8 Å². The average molecular weight is 706 g/mol. The van der Waals surface area contributed by atoms with Crippen LogP contribution in [0.4, 0.5) is 0 Å². The smallest absolute Gasteiger partial charge is 0.164 e. The lowest BCUT2D eigenvalue weighted by molar-refractivity contribution is 0.669. The monoisotopic (exact) mass is 705 g/mol. The summed E-state index contributed by atoms with van der Waals surface area (Å²) in [5.74, 6) is 1.93. The molecule has 0 N–H and O–H groups in total. The first-order valence-corrected chi connectivity index (χ1v) is 18.7. The Bertz CT molecular complexity index is 2810. The quantitative estimate of drug-likeness (QED) is 0.166. The van der Waals surface area contributed by atoms with Gasteiger partial charge in [0.15, 0.2) is 17.5 Å². The molecule has 1 aliphatic rings. The second-order valence-electron chi connectivity index (χ2n) is 13.9. The highest BCUT2D eigenvalue weighted by atomic mass is 16.3. The Morgan fingerprint density at radius 2 is 0.909 bits per heavy atom. The van der Waals surface area contributed by atoms with E-state index in [4.69, 9.17) is 19.4 Å². The number of benzene rings is 7. The molecule has 0 bridgehead atoms. The van der Waals surface area contributed by atoms with Gasteiger partial charge in [0.2, 0.25) is 0 Å². The van der Waals surface area contributed by atoms with E-state index in [9.17, 15) is 0 Å². The largest absolute Gasteiger partial charge is 0.456 e. The van der Waals surface area contributed by atoms with E-state index in [1.807, 2.05) is 60.7 Å². The molecule has 0 spiro atoms. The zero-order valence-corrected chi connectivity index (χ0v) is 30.1. The first-order chi connectivity index (χ1) is 27.2. The summed E-state index contributed by atoms with van der Waals surface area (Å²) in [6.07, 6.45) is 8.83. The molecule has 0 saturated carbocycles. The number of aromatic nitrogens is 3. The van der Waals surface area contributed by atoms with Gasteiger partial charge in [0.25, 0.3) is 0 Å². The van der Waals surface area contributed by atoms with Crippen molar-refractivity contribution in [3.05, 3.63) is 194 Å². The van der Waals surface area contributed by atoms with Crippen LogP contribution in [0.5, 0.6) is 0 Å². The molecule has 0 radical (unpaired) electrons. The van der Waals surface area contributed by atoms with Gasteiger partial charge in [0.1, 0.15) is 11.2 Å². The van der Waals surface area contributed by atoms with Crippen LogP contribution in [0.25, 0.3) is 95.1 Å². The molecular weight excluding hydrogens is 671 g/mol. The van der Waals surface area contributed by atoms with Gasteiger partial charge in [0.05, 0.1) is 0 Å². The molecule has 260 valence electrons. The Kier molecular flexibility index (Phi) is 8.27. The van der Waals surface area contributed by atoms with E-state index in [0.29, 0.717) is 17.5 Å². The predicted octanol–water partition coefficient (Wildman–Crippen LogP) is 13.5. The number of nitrogens with zero attached hydrogens (tertiary/aromatic N) is 3. The maximum atomic E-state index is 6.40. The van der Waals surface area contributed by atoms with Crippen LogP contribution >= 0.6 is 0 Å². The van der Waals surface area contributed by atoms with Gasteiger partial charge in [-0.25, -0.2) is 15.0 Å². The minimum Gasteiger partial charge on any atom is -0.456 e.